The SMILES string of the molecule is Cc1cc(-c2nc(-c3ccccc3)nc(-c3ccccc3)n2)cc2c1-c1cc3c(cc1C2(C)C)-c1ccc(-c2nc(-c4ccccc4)nc(-c4ccccc4)n2)cc1C3(C)C. The fraction of sp³-hybridized carbons (Fsp3) is 0.127. The molecular formula is C55H42N6. The van der Waals surface area contributed by atoms with Crippen LogP contribution in [-0.2, 0) is 10.8 Å². The molecule has 0 saturated heterocycles. The Morgan fingerprint density at radius 1 is 0.295 bits per heavy atom. The van der Waals surface area contributed by atoms with Gasteiger partial charge in [0.1, 0.15) is 0 Å². The van der Waals surface area contributed by atoms with E-state index in [2.05, 4.69) is 101 Å². The number of rotatable bonds is 6. The van der Waals surface area contributed by atoms with Gasteiger partial charge in [-0.3, -0.25) is 0 Å². The summed E-state index contributed by atoms with van der Waals surface area (Å²) >= 11 is 0. The monoisotopic (exact) mass is 786 g/mol. The molecule has 9 aromatic rings. The highest BCUT2D eigenvalue weighted by atomic mass is 15.0. The molecule has 11 rings (SSSR count). The molecule has 0 fully saturated rings. The Morgan fingerprint density at radius 2 is 0.639 bits per heavy atom. The van der Waals surface area contributed by atoms with Gasteiger partial charge in [0.25, 0.3) is 0 Å². The van der Waals surface area contributed by atoms with Crippen LogP contribution in [0.5, 0.6) is 0 Å². The maximum Gasteiger partial charge on any atom is 0.164 e. The molecule has 0 unspecified atom stereocenters. The van der Waals surface area contributed by atoms with Gasteiger partial charge in [0.05, 0.1) is 0 Å². The maximum absolute atomic E-state index is 5.09. The average molecular weight is 787 g/mol. The Labute approximate surface area is 356 Å². The molecule has 2 aliphatic rings. The van der Waals surface area contributed by atoms with E-state index in [0.29, 0.717) is 34.9 Å². The quantitative estimate of drug-likeness (QED) is 0.167. The van der Waals surface area contributed by atoms with Crippen LogP contribution in [0.25, 0.3) is 90.6 Å². The van der Waals surface area contributed by atoms with Crippen molar-refractivity contribution in [1.82, 2.24) is 29.9 Å². The number of benzene rings is 7. The van der Waals surface area contributed by atoms with Gasteiger partial charge in [-0.05, 0) is 87.3 Å². The molecular weight excluding hydrogens is 745 g/mol. The van der Waals surface area contributed by atoms with Crippen molar-refractivity contribution >= 4 is 0 Å². The highest BCUT2D eigenvalue weighted by Gasteiger charge is 2.42. The van der Waals surface area contributed by atoms with Crippen LogP contribution in [0.4, 0.5) is 0 Å². The van der Waals surface area contributed by atoms with E-state index < -0.39 is 0 Å². The minimum Gasteiger partial charge on any atom is -0.208 e. The number of hydrogen-bond donors (Lipinski definition) is 0. The summed E-state index contributed by atoms with van der Waals surface area (Å²) in [5.74, 6) is 3.97. The summed E-state index contributed by atoms with van der Waals surface area (Å²) in [6.45, 7) is 11.6. The van der Waals surface area contributed by atoms with Crippen LogP contribution in [0, 0.1) is 6.92 Å². The predicted octanol–water partition coefficient (Wildman–Crippen LogP) is 13.0. The highest BCUT2D eigenvalue weighted by Crippen LogP contribution is 2.57. The second-order valence-electron chi connectivity index (χ2n) is 17.2. The second-order valence-corrected chi connectivity index (χ2v) is 17.2. The first-order valence-electron chi connectivity index (χ1n) is 20.9. The third-order valence-corrected chi connectivity index (χ3v) is 12.7. The van der Waals surface area contributed by atoms with Crippen molar-refractivity contribution in [2.45, 2.75) is 45.4 Å². The zero-order chi connectivity index (χ0) is 41.5. The van der Waals surface area contributed by atoms with Gasteiger partial charge in [-0.25, -0.2) is 29.9 Å². The Bertz CT molecular complexity index is 3060. The van der Waals surface area contributed by atoms with Gasteiger partial charge in [0, 0.05) is 44.2 Å². The number of fused-ring (bicyclic) bond motifs is 6. The molecule has 61 heavy (non-hydrogen) atoms. The minimum absolute atomic E-state index is 0.263. The molecule has 0 saturated carbocycles. The van der Waals surface area contributed by atoms with E-state index in [1.807, 2.05) is 97.1 Å². The van der Waals surface area contributed by atoms with Crippen molar-refractivity contribution in [2.75, 3.05) is 0 Å². The first kappa shape index (κ1) is 36.6. The minimum atomic E-state index is -0.266. The van der Waals surface area contributed by atoms with E-state index in [9.17, 15) is 0 Å². The van der Waals surface area contributed by atoms with E-state index in [1.54, 1.807) is 0 Å². The lowest BCUT2D eigenvalue weighted by molar-refractivity contribution is 0.652. The Balaban J connectivity index is 1.01. The van der Waals surface area contributed by atoms with E-state index in [4.69, 9.17) is 29.9 Å². The Morgan fingerprint density at radius 3 is 1.10 bits per heavy atom. The molecule has 6 heteroatoms. The summed E-state index contributed by atoms with van der Waals surface area (Å²) in [7, 11) is 0. The van der Waals surface area contributed by atoms with E-state index in [-0.39, 0.29) is 10.8 Å². The largest absolute Gasteiger partial charge is 0.208 e. The smallest absolute Gasteiger partial charge is 0.164 e. The van der Waals surface area contributed by atoms with Gasteiger partial charge in [0.15, 0.2) is 34.9 Å². The molecule has 0 amide bonds. The predicted molar refractivity (Wildman–Crippen MR) is 246 cm³/mol. The van der Waals surface area contributed by atoms with Crippen molar-refractivity contribution in [3.63, 3.8) is 0 Å². The number of aryl methyl sites for hydroxylation is 1. The van der Waals surface area contributed by atoms with Gasteiger partial charge in [-0.1, -0.05) is 161 Å². The summed E-state index contributed by atoms with van der Waals surface area (Å²) in [4.78, 5) is 30.2. The lowest BCUT2D eigenvalue weighted by atomic mass is 9.79. The molecule has 0 radical (unpaired) electrons. The molecule has 2 aromatic heterocycles. The van der Waals surface area contributed by atoms with Gasteiger partial charge in [-0.2, -0.15) is 0 Å². The Hall–Kier alpha value is -7.44. The molecule has 0 atom stereocenters. The summed E-state index contributed by atoms with van der Waals surface area (Å²) in [6.07, 6.45) is 0. The van der Waals surface area contributed by atoms with Crippen LogP contribution in [0.15, 0.2) is 164 Å². The van der Waals surface area contributed by atoms with E-state index in [0.717, 1.165) is 33.4 Å². The second kappa shape index (κ2) is 13.8. The molecule has 2 heterocycles. The normalized spacial score (nSPS) is 13.9. The van der Waals surface area contributed by atoms with Gasteiger partial charge < -0.3 is 0 Å². The number of aromatic nitrogens is 6. The van der Waals surface area contributed by atoms with Gasteiger partial charge in [0.2, 0.25) is 0 Å². The first-order valence-corrected chi connectivity index (χ1v) is 20.9. The summed E-state index contributed by atoms with van der Waals surface area (Å²) in [5, 5.41) is 0. The lowest BCUT2D eigenvalue weighted by Gasteiger charge is -2.24. The van der Waals surface area contributed by atoms with Crippen LogP contribution in [-0.4, -0.2) is 29.9 Å². The Kier molecular flexibility index (Phi) is 8.30. The summed E-state index contributed by atoms with van der Waals surface area (Å²) in [6, 6.07) is 56.9. The van der Waals surface area contributed by atoms with Gasteiger partial charge in [-0.15, -0.1) is 0 Å². The van der Waals surface area contributed by atoms with Crippen LogP contribution < -0.4 is 0 Å². The average Bonchev–Trinajstić information content (AvgIpc) is 3.67. The van der Waals surface area contributed by atoms with E-state index >= 15 is 0 Å². The van der Waals surface area contributed by atoms with Crippen molar-refractivity contribution in [2.24, 2.45) is 0 Å². The van der Waals surface area contributed by atoms with Crippen molar-refractivity contribution in [3.8, 4) is 90.6 Å². The van der Waals surface area contributed by atoms with Crippen LogP contribution in [0.3, 0.4) is 0 Å². The topological polar surface area (TPSA) is 77.3 Å². The molecule has 0 N–H and O–H groups in total. The molecule has 292 valence electrons. The van der Waals surface area contributed by atoms with Crippen molar-refractivity contribution in [1.29, 1.82) is 0 Å². The van der Waals surface area contributed by atoms with Crippen molar-refractivity contribution in [3.05, 3.63) is 192 Å². The van der Waals surface area contributed by atoms with Crippen LogP contribution >= 0.6 is 0 Å². The molecule has 6 nitrogen and oxygen atoms in total. The first-order chi connectivity index (χ1) is 29.6. The van der Waals surface area contributed by atoms with Crippen LogP contribution in [0.1, 0.15) is 55.5 Å². The molecule has 2 aliphatic carbocycles. The fourth-order valence-corrected chi connectivity index (χ4v) is 9.43. The fourth-order valence-electron chi connectivity index (χ4n) is 9.43. The van der Waals surface area contributed by atoms with Gasteiger partial charge >= 0.3 is 0 Å². The van der Waals surface area contributed by atoms with Crippen molar-refractivity contribution < 1.29 is 0 Å². The summed E-state index contributed by atoms with van der Waals surface area (Å²) < 4.78 is 0. The molecule has 7 aromatic carbocycles. The zero-order valence-corrected chi connectivity index (χ0v) is 34.8. The molecule has 0 aliphatic heterocycles. The summed E-state index contributed by atoms with van der Waals surface area (Å²) in [5.41, 5.74) is 16.8. The highest BCUT2D eigenvalue weighted by molar-refractivity contribution is 5.92. The lowest BCUT2D eigenvalue weighted by Crippen LogP contribution is -2.17. The standard InChI is InChI=1S/C55H42N6/c1-33-28-39(53-60-50(36-22-14-8-15-23-36)57-51(61-53)37-24-16-9-17-25-37)30-46-47(33)42-32-44-41(31-45(42)55(46,4)5)40-27-26-38(29-43(40)54(44,2)3)52-58-48(34-18-10-6-11-19-34)56-49(59-52)35-20-12-7-13-21-35/h6-32H,1-5H3. The molecule has 0 spiro atoms. The molecule has 0 bridgehead atoms. The third kappa shape index (κ3) is 6.01. The number of nitrogens with zero attached hydrogens (tertiary/aromatic N) is 6. The zero-order valence-electron chi connectivity index (χ0n) is 34.8. The van der Waals surface area contributed by atoms with Crippen LogP contribution in [0.2, 0.25) is 0 Å². The van der Waals surface area contributed by atoms with E-state index in [1.165, 1.54) is 50.1 Å². The number of hydrogen-bond acceptors (Lipinski definition) is 6. The maximum atomic E-state index is 5.09. The third-order valence-electron chi connectivity index (χ3n) is 12.7.